The number of nitrogens with zero attached hydrogens (tertiary/aromatic N) is 2. The van der Waals surface area contributed by atoms with Crippen LogP contribution in [0.5, 0.6) is 0 Å². The van der Waals surface area contributed by atoms with E-state index >= 15 is 0 Å². The van der Waals surface area contributed by atoms with Crippen LogP contribution in [0, 0.1) is 6.92 Å². The second-order valence-electron chi connectivity index (χ2n) is 5.74. The molecule has 0 fully saturated rings. The molecular weight excluding hydrogens is 354 g/mol. The average molecular weight is 367 g/mol. The lowest BCUT2D eigenvalue weighted by Gasteiger charge is -2.12. The Morgan fingerprint density at radius 3 is 2.46 bits per heavy atom. The van der Waals surface area contributed by atoms with Crippen LogP contribution < -0.4 is 5.32 Å². The molecule has 3 heterocycles. The van der Waals surface area contributed by atoms with Crippen molar-refractivity contribution in [2.75, 3.05) is 11.9 Å². The zero-order valence-electron chi connectivity index (χ0n) is 13.7. The van der Waals surface area contributed by atoms with Crippen molar-refractivity contribution in [2.45, 2.75) is 6.92 Å². The highest BCUT2D eigenvalue weighted by Gasteiger charge is 2.36. The number of furan rings is 1. The van der Waals surface area contributed by atoms with Gasteiger partial charge in [-0.1, -0.05) is 12.1 Å². The summed E-state index contributed by atoms with van der Waals surface area (Å²) in [7, 11) is 0. The van der Waals surface area contributed by atoms with E-state index < -0.39 is 17.7 Å². The lowest BCUT2D eigenvalue weighted by atomic mass is 10.1. The summed E-state index contributed by atoms with van der Waals surface area (Å²) in [6, 6.07) is 10.1. The molecule has 0 unspecified atom stereocenters. The van der Waals surface area contributed by atoms with Crippen molar-refractivity contribution < 1.29 is 18.8 Å². The number of thiazole rings is 1. The highest BCUT2D eigenvalue weighted by atomic mass is 32.1. The summed E-state index contributed by atoms with van der Waals surface area (Å²) < 4.78 is 5.49. The van der Waals surface area contributed by atoms with E-state index in [9.17, 15) is 14.4 Å². The van der Waals surface area contributed by atoms with Gasteiger partial charge >= 0.3 is 0 Å². The molecule has 1 N–H and O–H groups in total. The van der Waals surface area contributed by atoms with E-state index in [4.69, 9.17) is 4.42 Å². The summed E-state index contributed by atoms with van der Waals surface area (Å²) in [5, 5.41) is 4.75. The van der Waals surface area contributed by atoms with Crippen LogP contribution in [0.4, 0.5) is 5.13 Å². The molecule has 0 atom stereocenters. The minimum Gasteiger partial charge on any atom is -0.460 e. The van der Waals surface area contributed by atoms with Gasteiger partial charge in [0.1, 0.15) is 18.0 Å². The fraction of sp³-hybridized carbons (Fsp3) is 0.111. The van der Waals surface area contributed by atoms with Gasteiger partial charge in [-0.3, -0.25) is 19.3 Å². The largest absolute Gasteiger partial charge is 0.460 e. The van der Waals surface area contributed by atoms with Crippen molar-refractivity contribution in [1.29, 1.82) is 0 Å². The highest BCUT2D eigenvalue weighted by molar-refractivity contribution is 7.14. The monoisotopic (exact) mass is 367 g/mol. The molecule has 3 amide bonds. The normalized spacial score (nSPS) is 13.2. The van der Waals surface area contributed by atoms with Gasteiger partial charge < -0.3 is 9.73 Å². The van der Waals surface area contributed by atoms with Crippen molar-refractivity contribution in [3.63, 3.8) is 0 Å². The van der Waals surface area contributed by atoms with Crippen LogP contribution in [0.25, 0.3) is 11.5 Å². The van der Waals surface area contributed by atoms with E-state index in [1.54, 1.807) is 35.7 Å². The third kappa shape index (κ3) is 2.80. The molecule has 26 heavy (non-hydrogen) atoms. The van der Waals surface area contributed by atoms with Crippen molar-refractivity contribution in [2.24, 2.45) is 0 Å². The molecule has 1 aliphatic heterocycles. The van der Waals surface area contributed by atoms with E-state index in [-0.39, 0.29) is 6.54 Å². The molecule has 0 aliphatic carbocycles. The zero-order valence-corrected chi connectivity index (χ0v) is 14.5. The van der Waals surface area contributed by atoms with Gasteiger partial charge in [0, 0.05) is 5.38 Å². The number of imide groups is 1. The summed E-state index contributed by atoms with van der Waals surface area (Å²) in [6.45, 7) is 1.47. The molecule has 1 aromatic carbocycles. The zero-order chi connectivity index (χ0) is 18.3. The fourth-order valence-corrected chi connectivity index (χ4v) is 3.42. The van der Waals surface area contributed by atoms with Gasteiger partial charge in [0.25, 0.3) is 11.8 Å². The maximum Gasteiger partial charge on any atom is 0.262 e. The molecule has 130 valence electrons. The molecule has 2 aromatic heterocycles. The van der Waals surface area contributed by atoms with Crippen molar-refractivity contribution in [3.05, 3.63) is 58.7 Å². The number of fused-ring (bicyclic) bond motifs is 1. The number of amides is 3. The fourth-order valence-electron chi connectivity index (χ4n) is 2.70. The van der Waals surface area contributed by atoms with Crippen molar-refractivity contribution in [3.8, 4) is 11.5 Å². The van der Waals surface area contributed by atoms with E-state index in [2.05, 4.69) is 10.3 Å². The number of carbonyl (C=O) groups excluding carboxylic acids is 3. The number of aryl methyl sites for hydroxylation is 1. The van der Waals surface area contributed by atoms with Crippen LogP contribution in [-0.2, 0) is 4.79 Å². The predicted molar refractivity (Wildman–Crippen MR) is 95.0 cm³/mol. The first-order valence-corrected chi connectivity index (χ1v) is 8.68. The Kier molecular flexibility index (Phi) is 3.89. The summed E-state index contributed by atoms with van der Waals surface area (Å²) in [5.74, 6) is -0.0434. The van der Waals surface area contributed by atoms with Crippen LogP contribution in [0.15, 0.2) is 46.2 Å². The third-order valence-corrected chi connectivity index (χ3v) is 4.68. The Balaban J connectivity index is 1.45. The molecule has 1 aliphatic rings. The van der Waals surface area contributed by atoms with E-state index in [1.807, 2.05) is 13.0 Å². The summed E-state index contributed by atoms with van der Waals surface area (Å²) in [4.78, 5) is 42.0. The number of anilines is 1. The van der Waals surface area contributed by atoms with Crippen LogP contribution in [0.2, 0.25) is 0 Å². The Bertz CT molecular complexity index is 1000. The molecule has 0 saturated carbocycles. The lowest BCUT2D eigenvalue weighted by Crippen LogP contribution is -2.37. The predicted octanol–water partition coefficient (Wildman–Crippen LogP) is 2.95. The van der Waals surface area contributed by atoms with Crippen LogP contribution in [-0.4, -0.2) is 34.2 Å². The summed E-state index contributed by atoms with van der Waals surface area (Å²) in [5.41, 5.74) is 1.24. The van der Waals surface area contributed by atoms with Gasteiger partial charge in [0.05, 0.1) is 11.1 Å². The lowest BCUT2D eigenvalue weighted by molar-refractivity contribution is -0.116. The Labute approximate surface area is 152 Å². The highest BCUT2D eigenvalue weighted by Crippen LogP contribution is 2.27. The minimum absolute atomic E-state index is 0.315. The number of nitrogens with one attached hydrogen (secondary N) is 1. The van der Waals surface area contributed by atoms with E-state index in [0.29, 0.717) is 27.7 Å². The Morgan fingerprint density at radius 1 is 1.15 bits per heavy atom. The van der Waals surface area contributed by atoms with Crippen LogP contribution in [0.3, 0.4) is 0 Å². The average Bonchev–Trinajstić information content (AvgIpc) is 3.32. The van der Waals surface area contributed by atoms with E-state index in [1.165, 1.54) is 11.3 Å². The Hall–Kier alpha value is -3.26. The number of benzene rings is 1. The maximum atomic E-state index is 12.3. The number of hydrogen-bond acceptors (Lipinski definition) is 6. The Morgan fingerprint density at radius 2 is 1.85 bits per heavy atom. The van der Waals surface area contributed by atoms with Crippen LogP contribution in [0.1, 0.15) is 26.5 Å². The second-order valence-corrected chi connectivity index (χ2v) is 6.60. The van der Waals surface area contributed by atoms with Gasteiger partial charge in [-0.15, -0.1) is 11.3 Å². The molecule has 3 aromatic rings. The minimum atomic E-state index is -0.490. The van der Waals surface area contributed by atoms with Gasteiger partial charge in [-0.05, 0) is 31.2 Å². The molecule has 8 heteroatoms. The first-order valence-electron chi connectivity index (χ1n) is 7.80. The van der Waals surface area contributed by atoms with Gasteiger partial charge in [-0.2, -0.15) is 0 Å². The van der Waals surface area contributed by atoms with Crippen LogP contribution >= 0.6 is 11.3 Å². The molecule has 0 spiro atoms. The smallest absolute Gasteiger partial charge is 0.262 e. The van der Waals surface area contributed by atoms with Gasteiger partial charge in [0.15, 0.2) is 10.9 Å². The quantitative estimate of drug-likeness (QED) is 0.716. The summed E-state index contributed by atoms with van der Waals surface area (Å²) in [6.07, 6.45) is 0. The van der Waals surface area contributed by atoms with Crippen molar-refractivity contribution in [1.82, 2.24) is 9.88 Å². The third-order valence-electron chi connectivity index (χ3n) is 3.92. The molecule has 0 radical (unpaired) electrons. The molecule has 0 bridgehead atoms. The number of rotatable bonds is 4. The number of hydrogen-bond donors (Lipinski definition) is 1. The SMILES string of the molecule is Cc1ccc(-c2csc(NC(=O)CN3C(=O)c4ccccc4C3=O)n2)o1. The first kappa shape index (κ1) is 16.2. The number of carbonyl (C=O) groups is 3. The van der Waals surface area contributed by atoms with Gasteiger partial charge in [-0.25, -0.2) is 4.98 Å². The molecule has 7 nitrogen and oxygen atoms in total. The molecule has 4 rings (SSSR count). The molecule has 0 saturated heterocycles. The van der Waals surface area contributed by atoms with E-state index in [0.717, 1.165) is 10.7 Å². The first-order chi connectivity index (χ1) is 12.5. The standard InChI is InChI=1S/C18H13N3O4S/c1-10-6-7-14(25-10)13-9-26-18(19-13)20-15(22)8-21-16(23)11-4-2-3-5-12(11)17(21)24/h2-7,9H,8H2,1H3,(H,19,20,22). The molecular formula is C18H13N3O4S. The topological polar surface area (TPSA) is 92.5 Å². The van der Waals surface area contributed by atoms with Crippen molar-refractivity contribution >= 4 is 34.2 Å². The summed E-state index contributed by atoms with van der Waals surface area (Å²) >= 11 is 1.24. The second kappa shape index (κ2) is 6.23. The van der Waals surface area contributed by atoms with Gasteiger partial charge in [0.2, 0.25) is 5.91 Å². The number of aromatic nitrogens is 1. The maximum absolute atomic E-state index is 12.3.